The summed E-state index contributed by atoms with van der Waals surface area (Å²) in [6.07, 6.45) is 4.80. The second kappa shape index (κ2) is 8.72. The summed E-state index contributed by atoms with van der Waals surface area (Å²) in [7, 11) is 1.76. The van der Waals surface area contributed by atoms with Crippen molar-refractivity contribution in [2.24, 2.45) is 5.41 Å². The van der Waals surface area contributed by atoms with Gasteiger partial charge in [-0.3, -0.25) is 0 Å². The van der Waals surface area contributed by atoms with Gasteiger partial charge in [-0.25, -0.2) is 0 Å². The molecule has 0 radical (unpaired) electrons. The van der Waals surface area contributed by atoms with Crippen LogP contribution in [0.2, 0.25) is 0 Å². The molecule has 110 valence electrons. The smallest absolute Gasteiger partial charge is 0.0587 e. The van der Waals surface area contributed by atoms with Crippen LogP contribution in [-0.4, -0.2) is 26.8 Å². The summed E-state index contributed by atoms with van der Waals surface area (Å²) < 4.78 is 5.10. The average Bonchev–Trinajstić information content (AvgIpc) is 2.90. The molecule has 0 fully saturated rings. The van der Waals surface area contributed by atoms with E-state index in [9.17, 15) is 0 Å². The van der Waals surface area contributed by atoms with E-state index in [-0.39, 0.29) is 0 Å². The Morgan fingerprint density at radius 1 is 1.16 bits per heavy atom. The number of aryl methyl sites for hydroxylation is 1. The average molecular weight is 283 g/mol. The first-order chi connectivity index (χ1) is 9.19. The van der Waals surface area contributed by atoms with E-state index in [2.05, 4.69) is 38.2 Å². The summed E-state index contributed by atoms with van der Waals surface area (Å²) in [4.78, 5) is 3.04. The van der Waals surface area contributed by atoms with Crippen LogP contribution in [0.3, 0.4) is 0 Å². The van der Waals surface area contributed by atoms with Crippen molar-refractivity contribution in [1.82, 2.24) is 5.32 Å². The highest BCUT2D eigenvalue weighted by Gasteiger charge is 2.26. The van der Waals surface area contributed by atoms with Crippen molar-refractivity contribution in [2.45, 2.75) is 46.5 Å². The number of hydrogen-bond donors (Lipinski definition) is 1. The minimum Gasteiger partial charge on any atom is -0.383 e. The van der Waals surface area contributed by atoms with Gasteiger partial charge in [0.1, 0.15) is 0 Å². The lowest BCUT2D eigenvalue weighted by Crippen LogP contribution is -2.36. The molecule has 1 aromatic heterocycles. The van der Waals surface area contributed by atoms with Crippen molar-refractivity contribution in [3.8, 4) is 0 Å². The number of ether oxygens (including phenoxy) is 1. The Labute approximate surface area is 122 Å². The van der Waals surface area contributed by atoms with Crippen LogP contribution < -0.4 is 5.32 Å². The molecule has 0 unspecified atom stereocenters. The van der Waals surface area contributed by atoms with Crippen LogP contribution in [-0.2, 0) is 17.6 Å². The monoisotopic (exact) mass is 283 g/mol. The van der Waals surface area contributed by atoms with E-state index in [1.54, 1.807) is 7.11 Å². The van der Waals surface area contributed by atoms with Crippen molar-refractivity contribution in [3.05, 3.63) is 21.9 Å². The van der Waals surface area contributed by atoms with Crippen molar-refractivity contribution in [3.63, 3.8) is 0 Å². The third-order valence-corrected chi connectivity index (χ3v) is 5.33. The Hall–Kier alpha value is -0.380. The van der Waals surface area contributed by atoms with Crippen molar-refractivity contribution < 1.29 is 4.74 Å². The molecule has 0 amide bonds. The molecule has 0 saturated carbocycles. The summed E-state index contributed by atoms with van der Waals surface area (Å²) in [6, 6.07) is 4.60. The van der Waals surface area contributed by atoms with E-state index >= 15 is 0 Å². The lowest BCUT2D eigenvalue weighted by Gasteiger charge is -2.32. The van der Waals surface area contributed by atoms with Gasteiger partial charge in [0.05, 0.1) is 6.61 Å². The van der Waals surface area contributed by atoms with Gasteiger partial charge in [0.15, 0.2) is 0 Å². The molecule has 0 aliphatic heterocycles. The topological polar surface area (TPSA) is 21.3 Å². The Kier molecular flexibility index (Phi) is 7.66. The summed E-state index contributed by atoms with van der Waals surface area (Å²) in [6.45, 7) is 9.69. The molecule has 1 rings (SSSR count). The van der Waals surface area contributed by atoms with Gasteiger partial charge in [-0.05, 0) is 43.2 Å². The largest absolute Gasteiger partial charge is 0.383 e. The first-order valence-corrected chi connectivity index (χ1v) is 8.28. The predicted molar refractivity (Wildman–Crippen MR) is 85.2 cm³/mol. The van der Waals surface area contributed by atoms with E-state index in [0.29, 0.717) is 5.41 Å². The van der Waals surface area contributed by atoms with Crippen LogP contribution in [0.5, 0.6) is 0 Å². The van der Waals surface area contributed by atoms with Crippen LogP contribution in [0, 0.1) is 5.41 Å². The lowest BCUT2D eigenvalue weighted by atomic mass is 9.78. The standard InChI is InChI=1S/C16H29NOS/c1-5-14-8-9-15(19-14)12-16(6-2,7-3)13-17-10-11-18-4/h8-9,17H,5-7,10-13H2,1-4H3. The minimum atomic E-state index is 0.392. The van der Waals surface area contributed by atoms with Crippen LogP contribution in [0.25, 0.3) is 0 Å². The highest BCUT2D eigenvalue weighted by atomic mass is 32.1. The van der Waals surface area contributed by atoms with Gasteiger partial charge in [-0.1, -0.05) is 20.8 Å². The van der Waals surface area contributed by atoms with Crippen LogP contribution in [0.1, 0.15) is 43.4 Å². The number of thiophene rings is 1. The molecule has 0 aliphatic rings. The van der Waals surface area contributed by atoms with Gasteiger partial charge < -0.3 is 10.1 Å². The fourth-order valence-electron chi connectivity index (χ4n) is 2.42. The number of rotatable bonds is 10. The third kappa shape index (κ3) is 5.25. The molecule has 0 aromatic carbocycles. The SMILES string of the molecule is CCc1ccc(CC(CC)(CC)CNCCOC)s1. The van der Waals surface area contributed by atoms with Gasteiger partial charge >= 0.3 is 0 Å². The molecule has 19 heavy (non-hydrogen) atoms. The third-order valence-electron chi connectivity index (χ3n) is 4.10. The maximum Gasteiger partial charge on any atom is 0.0587 e. The molecular weight excluding hydrogens is 254 g/mol. The Balaban J connectivity index is 2.58. The fraction of sp³-hybridized carbons (Fsp3) is 0.750. The molecule has 0 saturated heterocycles. The summed E-state index contributed by atoms with van der Waals surface area (Å²) in [5.74, 6) is 0. The summed E-state index contributed by atoms with van der Waals surface area (Å²) >= 11 is 1.98. The van der Waals surface area contributed by atoms with Gasteiger partial charge in [0.25, 0.3) is 0 Å². The molecule has 1 N–H and O–H groups in total. The second-order valence-corrected chi connectivity index (χ2v) is 6.53. The first kappa shape index (κ1) is 16.7. The van der Waals surface area contributed by atoms with Crippen molar-refractivity contribution in [2.75, 3.05) is 26.8 Å². The lowest BCUT2D eigenvalue weighted by molar-refractivity contribution is 0.186. The molecule has 0 atom stereocenters. The molecular formula is C16H29NOS. The van der Waals surface area contributed by atoms with Crippen molar-refractivity contribution in [1.29, 1.82) is 0 Å². The summed E-state index contributed by atoms with van der Waals surface area (Å²) in [5, 5.41) is 3.55. The highest BCUT2D eigenvalue weighted by Crippen LogP contribution is 2.33. The van der Waals surface area contributed by atoms with Gasteiger partial charge in [0, 0.05) is 30.0 Å². The fourth-order valence-corrected chi connectivity index (χ4v) is 3.55. The van der Waals surface area contributed by atoms with E-state index in [1.807, 2.05) is 11.3 Å². The minimum absolute atomic E-state index is 0.392. The van der Waals surface area contributed by atoms with Gasteiger partial charge in [0.2, 0.25) is 0 Å². The number of hydrogen-bond acceptors (Lipinski definition) is 3. The van der Waals surface area contributed by atoms with E-state index in [0.717, 1.165) is 26.1 Å². The van der Waals surface area contributed by atoms with Crippen LogP contribution >= 0.6 is 11.3 Å². The molecule has 2 nitrogen and oxygen atoms in total. The molecule has 1 aromatic rings. The van der Waals surface area contributed by atoms with E-state index < -0.39 is 0 Å². The van der Waals surface area contributed by atoms with Crippen LogP contribution in [0.15, 0.2) is 12.1 Å². The number of methoxy groups -OCH3 is 1. The molecule has 3 heteroatoms. The van der Waals surface area contributed by atoms with E-state index in [1.165, 1.54) is 29.0 Å². The Morgan fingerprint density at radius 2 is 1.84 bits per heavy atom. The second-order valence-electron chi connectivity index (χ2n) is 5.28. The predicted octanol–water partition coefficient (Wildman–Crippen LogP) is 3.90. The molecule has 0 spiro atoms. The maximum atomic E-state index is 5.10. The highest BCUT2D eigenvalue weighted by molar-refractivity contribution is 7.11. The van der Waals surface area contributed by atoms with Crippen LogP contribution in [0.4, 0.5) is 0 Å². The van der Waals surface area contributed by atoms with E-state index in [4.69, 9.17) is 4.74 Å². The van der Waals surface area contributed by atoms with Gasteiger partial charge in [-0.2, -0.15) is 0 Å². The quantitative estimate of drug-likeness (QED) is 0.658. The zero-order valence-electron chi connectivity index (χ0n) is 12.9. The maximum absolute atomic E-state index is 5.10. The Morgan fingerprint density at radius 3 is 2.37 bits per heavy atom. The van der Waals surface area contributed by atoms with Gasteiger partial charge in [-0.15, -0.1) is 11.3 Å². The zero-order valence-corrected chi connectivity index (χ0v) is 13.7. The molecule has 1 heterocycles. The molecule has 0 bridgehead atoms. The number of nitrogens with one attached hydrogen (secondary N) is 1. The first-order valence-electron chi connectivity index (χ1n) is 7.47. The Bertz CT molecular complexity index is 344. The molecule has 0 aliphatic carbocycles. The zero-order chi connectivity index (χ0) is 14.1. The normalized spacial score (nSPS) is 12.0. The summed E-state index contributed by atoms with van der Waals surface area (Å²) in [5.41, 5.74) is 0.392. The van der Waals surface area contributed by atoms with Crippen molar-refractivity contribution >= 4 is 11.3 Å².